The third kappa shape index (κ3) is 24.8. The minimum Gasteiger partial charge on any atom is -0.475 e. The first-order valence-corrected chi connectivity index (χ1v) is 29.4. The number of alkyl halides is 3. The number of anilines is 2. The number of aromatic nitrogens is 4. The molecule has 90 heavy (non-hydrogen) atoms. The molecule has 2 fully saturated rings. The number of carboxylic acids is 1. The highest BCUT2D eigenvalue weighted by Crippen LogP contribution is 2.34. The fourth-order valence-electron chi connectivity index (χ4n) is 8.21. The molecule has 0 radical (unpaired) electrons. The number of alkyl carbamates (subject to hydrolysis) is 3. The molecule has 0 atom stereocenters. The van der Waals surface area contributed by atoms with Gasteiger partial charge in [0.15, 0.2) is 0 Å². The summed E-state index contributed by atoms with van der Waals surface area (Å²) in [5.74, 6) is -2.67. The number of rotatable bonds is 6. The number of hydrogen-bond acceptors (Lipinski definition) is 16. The maximum absolute atomic E-state index is 12.5. The van der Waals surface area contributed by atoms with Crippen molar-refractivity contribution in [3.05, 3.63) is 118 Å². The summed E-state index contributed by atoms with van der Waals surface area (Å²) in [5.41, 5.74) is 4.40. The van der Waals surface area contributed by atoms with Gasteiger partial charge in [-0.2, -0.15) is 13.2 Å². The minimum absolute atomic E-state index is 0.00139. The number of piperazine rings is 2. The Labute approximate surface area is 539 Å². The van der Waals surface area contributed by atoms with Crippen LogP contribution in [0, 0.1) is 0 Å². The second-order valence-electron chi connectivity index (χ2n) is 23.9. The SMILES string of the molecule is C=C(NC(=O)OC(C)(C)C)NC(=O)OC(C)(C)C.CC(C)(C)OC(=O)N=C(NC(=O)OC(C)(C)C)N1CCN(c2cccc(-c3nc(Cl)nc4ccc(Cl)cc34)c2)CC1.Clc1ccc2nc(Cl)nc(-c3cccc(N4CCNCC4)c3)c2c1.O=C(O)C(F)(F)F. The van der Waals surface area contributed by atoms with Gasteiger partial charge >= 0.3 is 36.5 Å². The number of fused-ring (bicyclic) bond motifs is 2. The van der Waals surface area contributed by atoms with E-state index in [4.69, 9.17) is 75.3 Å². The largest absolute Gasteiger partial charge is 0.490 e. The van der Waals surface area contributed by atoms with Crippen LogP contribution in [-0.4, -0.2) is 147 Å². The van der Waals surface area contributed by atoms with Crippen molar-refractivity contribution in [2.75, 3.05) is 62.2 Å². The number of ether oxygens (including phenoxy) is 4. The summed E-state index contributed by atoms with van der Waals surface area (Å²) >= 11 is 24.8. The Balaban J connectivity index is 0.000000253. The molecule has 2 aromatic heterocycles. The number of carbonyl (C=O) groups excluding carboxylic acids is 4. The van der Waals surface area contributed by atoms with E-state index in [0.29, 0.717) is 47.4 Å². The molecule has 4 heterocycles. The zero-order chi connectivity index (χ0) is 67.1. The molecule has 0 bridgehead atoms. The summed E-state index contributed by atoms with van der Waals surface area (Å²) in [6, 6.07) is 27.4. The number of aliphatic carboxylic acids is 1. The molecule has 8 rings (SSSR count). The fraction of sp³-hybridized carbons (Fsp3) is 0.410. The molecule has 0 spiro atoms. The van der Waals surface area contributed by atoms with Gasteiger partial charge in [0.1, 0.15) is 28.2 Å². The molecular weight excluding hydrogens is 1260 g/mol. The standard InChI is InChI=1S/C29H34Cl2N6O4.C18H16Cl2N4.C12H22N2O4.C2HF3O2/c1-28(2,3)40-26(38)34-25(35-27(39)41-29(4,5)6)37-14-12-36(13-15-37)20-9-7-8-18(16-20)23-21-17-19(30)10-11-22(21)32-24(31)33-23;19-13-4-5-16-15(11-13)17(23-18(20)22-16)12-2-1-3-14(10-12)24-8-6-21-7-9-24;1-8(13-9(15)17-11(2,3)4)14-10(16)18-12(5,6)7;3-2(4,5)1(6)7/h7-11,16-17H,12-15H2,1-6H3,(H,34,35,38,39);1-5,10-11,21H,6-9H2;1H2,2-7H3,(H,13,15)(H,14,16);(H,6,7). The van der Waals surface area contributed by atoms with E-state index in [2.05, 4.69) is 80.8 Å². The number of amides is 4. The van der Waals surface area contributed by atoms with Crippen molar-refractivity contribution in [2.24, 2.45) is 4.99 Å². The van der Waals surface area contributed by atoms with Gasteiger partial charge in [0.25, 0.3) is 0 Å². The summed E-state index contributed by atoms with van der Waals surface area (Å²) in [5, 5.41) is 21.1. The molecule has 0 unspecified atom stereocenters. The van der Waals surface area contributed by atoms with E-state index in [1.54, 1.807) is 89.2 Å². The van der Waals surface area contributed by atoms with Crippen molar-refractivity contribution < 1.29 is 61.2 Å². The Morgan fingerprint density at radius 3 is 1.30 bits per heavy atom. The number of carboxylic acid groups (broad SMARTS) is 1. The number of halogens is 7. The number of nitrogens with zero attached hydrogens (tertiary/aromatic N) is 8. The summed E-state index contributed by atoms with van der Waals surface area (Å²) in [4.78, 5) is 84.7. The number of hydrogen-bond donors (Lipinski definition) is 5. The van der Waals surface area contributed by atoms with Gasteiger partial charge < -0.3 is 44.1 Å². The first kappa shape index (κ1) is 72.8. The summed E-state index contributed by atoms with van der Waals surface area (Å²) in [6.45, 7) is 30.6. The molecule has 486 valence electrons. The predicted molar refractivity (Wildman–Crippen MR) is 343 cm³/mol. The molecule has 2 aliphatic rings. The molecule has 2 saturated heterocycles. The number of benzene rings is 4. The number of nitrogens with one attached hydrogen (secondary N) is 4. The molecule has 4 amide bonds. The van der Waals surface area contributed by atoms with E-state index >= 15 is 0 Å². The highest BCUT2D eigenvalue weighted by Gasteiger charge is 2.38. The second-order valence-corrected chi connectivity index (χ2v) is 25.4. The van der Waals surface area contributed by atoms with E-state index in [1.807, 2.05) is 65.6 Å². The number of aliphatic imine (C=N–C) groups is 1. The Hall–Kier alpha value is -7.97. The van der Waals surface area contributed by atoms with Crippen LogP contribution in [0.1, 0.15) is 83.1 Å². The van der Waals surface area contributed by atoms with Gasteiger partial charge in [0, 0.05) is 95.7 Å². The molecule has 6 aromatic rings. The summed E-state index contributed by atoms with van der Waals surface area (Å²) in [7, 11) is 0. The maximum atomic E-state index is 12.5. The van der Waals surface area contributed by atoms with E-state index in [9.17, 15) is 32.3 Å². The molecule has 0 saturated carbocycles. The van der Waals surface area contributed by atoms with Gasteiger partial charge in [-0.3, -0.25) is 16.0 Å². The summed E-state index contributed by atoms with van der Waals surface area (Å²) in [6.07, 6.45) is -7.97. The lowest BCUT2D eigenvalue weighted by Gasteiger charge is -2.37. The van der Waals surface area contributed by atoms with Crippen LogP contribution in [0.3, 0.4) is 0 Å². The van der Waals surface area contributed by atoms with Crippen LogP contribution in [-0.2, 0) is 23.7 Å². The lowest BCUT2D eigenvalue weighted by molar-refractivity contribution is -0.192. The van der Waals surface area contributed by atoms with Crippen molar-refractivity contribution in [1.82, 2.24) is 46.1 Å². The van der Waals surface area contributed by atoms with Gasteiger partial charge in [0.2, 0.25) is 16.5 Å². The Morgan fingerprint density at radius 2 is 0.922 bits per heavy atom. The fourth-order valence-corrected chi connectivity index (χ4v) is 8.91. The maximum Gasteiger partial charge on any atom is 0.490 e. The monoisotopic (exact) mass is 1330 g/mol. The van der Waals surface area contributed by atoms with E-state index in [1.165, 1.54) is 5.69 Å². The first-order chi connectivity index (χ1) is 41.7. The molecule has 4 aromatic carbocycles. The zero-order valence-corrected chi connectivity index (χ0v) is 54.8. The van der Waals surface area contributed by atoms with Crippen molar-refractivity contribution in [1.29, 1.82) is 0 Å². The van der Waals surface area contributed by atoms with Gasteiger partial charge in [-0.25, -0.2) is 43.9 Å². The number of guanidine groups is 1. The molecule has 2 aliphatic heterocycles. The van der Waals surface area contributed by atoms with Crippen LogP contribution in [0.5, 0.6) is 0 Å². The highest BCUT2D eigenvalue weighted by atomic mass is 35.5. The topological polar surface area (TPSA) is 264 Å². The smallest absolute Gasteiger partial charge is 0.475 e. The minimum atomic E-state index is -5.08. The van der Waals surface area contributed by atoms with Crippen LogP contribution in [0.4, 0.5) is 43.7 Å². The average molecular weight is 1330 g/mol. The van der Waals surface area contributed by atoms with Gasteiger partial charge in [-0.05, 0) is 167 Å². The van der Waals surface area contributed by atoms with Crippen LogP contribution in [0.2, 0.25) is 20.6 Å². The molecule has 29 heteroatoms. The Bertz CT molecular complexity index is 3550. The molecule has 0 aliphatic carbocycles. The van der Waals surface area contributed by atoms with Crippen molar-refractivity contribution >= 4 is 116 Å². The van der Waals surface area contributed by atoms with E-state index in [-0.39, 0.29) is 22.3 Å². The van der Waals surface area contributed by atoms with E-state index in [0.717, 1.165) is 65.0 Å². The summed E-state index contributed by atoms with van der Waals surface area (Å²) < 4.78 is 52.4. The quantitative estimate of drug-likeness (QED) is 0.0449. The molecular formula is C61H73Cl4F3N12O10. The zero-order valence-electron chi connectivity index (χ0n) is 51.8. The van der Waals surface area contributed by atoms with Crippen molar-refractivity contribution in [3.8, 4) is 22.5 Å². The van der Waals surface area contributed by atoms with Gasteiger partial charge in [0.05, 0.1) is 22.4 Å². The lowest BCUT2D eigenvalue weighted by Crippen LogP contribution is -2.54. The number of carbonyl (C=O) groups is 5. The van der Waals surface area contributed by atoms with Crippen LogP contribution in [0.25, 0.3) is 44.3 Å². The lowest BCUT2D eigenvalue weighted by atomic mass is 10.1. The highest BCUT2D eigenvalue weighted by molar-refractivity contribution is 6.32. The van der Waals surface area contributed by atoms with E-state index < -0.39 is 58.9 Å². The second kappa shape index (κ2) is 31.2. The third-order valence-corrected chi connectivity index (χ3v) is 12.5. The van der Waals surface area contributed by atoms with Crippen molar-refractivity contribution in [3.63, 3.8) is 0 Å². The Morgan fingerprint density at radius 1 is 0.544 bits per heavy atom. The van der Waals surface area contributed by atoms with Crippen LogP contribution in [0.15, 0.2) is 102 Å². The third-order valence-electron chi connectivity index (χ3n) is 11.7. The first-order valence-electron chi connectivity index (χ1n) is 27.9. The van der Waals surface area contributed by atoms with Crippen LogP contribution >= 0.6 is 46.4 Å². The van der Waals surface area contributed by atoms with Gasteiger partial charge in [-0.15, -0.1) is 4.99 Å². The van der Waals surface area contributed by atoms with Gasteiger partial charge in [-0.1, -0.05) is 54.0 Å². The molecule has 5 N–H and O–H groups in total. The normalized spacial score (nSPS) is 13.9. The Kier molecular flexibility index (Phi) is 25.2. The average Bonchev–Trinajstić information content (AvgIpc) is 0.815. The van der Waals surface area contributed by atoms with Crippen molar-refractivity contribution in [2.45, 2.75) is 112 Å². The van der Waals surface area contributed by atoms with Crippen LogP contribution < -0.4 is 31.1 Å². The molecule has 22 nitrogen and oxygen atoms in total. The predicted octanol–water partition coefficient (Wildman–Crippen LogP) is 13.7.